The molecule has 0 saturated heterocycles. The fourth-order valence-corrected chi connectivity index (χ4v) is 1.68. The van der Waals surface area contributed by atoms with E-state index >= 15 is 0 Å². The zero-order chi connectivity index (χ0) is 13.3. The predicted octanol–water partition coefficient (Wildman–Crippen LogP) is 3.38. The van der Waals surface area contributed by atoms with Crippen molar-refractivity contribution in [1.82, 2.24) is 4.98 Å². The van der Waals surface area contributed by atoms with E-state index in [1.54, 1.807) is 0 Å². The number of carboxylic acids is 1. The summed E-state index contributed by atoms with van der Waals surface area (Å²) in [6.45, 7) is 0. The van der Waals surface area contributed by atoms with Crippen molar-refractivity contribution in [3.05, 3.63) is 52.7 Å². The van der Waals surface area contributed by atoms with Gasteiger partial charge in [-0.1, -0.05) is 11.6 Å². The molecule has 6 heteroatoms. The molecule has 2 aromatic rings. The number of rotatable bonds is 2. The fraction of sp³-hybridized carbons (Fsp3) is 0. The SMILES string of the molecule is O=C(O)c1ccc(-c2ccc(F)cc2F)nc1Cl. The molecule has 92 valence electrons. The highest BCUT2D eigenvalue weighted by Gasteiger charge is 2.13. The minimum Gasteiger partial charge on any atom is -0.478 e. The topological polar surface area (TPSA) is 50.2 Å². The maximum Gasteiger partial charge on any atom is 0.338 e. The van der Waals surface area contributed by atoms with Crippen molar-refractivity contribution in [2.45, 2.75) is 0 Å². The molecular formula is C12H6ClF2NO2. The van der Waals surface area contributed by atoms with Gasteiger partial charge in [-0.25, -0.2) is 18.6 Å². The summed E-state index contributed by atoms with van der Waals surface area (Å²) in [6.07, 6.45) is 0. The molecule has 0 saturated carbocycles. The highest BCUT2D eigenvalue weighted by Crippen LogP contribution is 2.24. The molecule has 0 amide bonds. The van der Waals surface area contributed by atoms with Gasteiger partial charge >= 0.3 is 5.97 Å². The van der Waals surface area contributed by atoms with Crippen LogP contribution >= 0.6 is 11.6 Å². The molecule has 18 heavy (non-hydrogen) atoms. The van der Waals surface area contributed by atoms with Crippen molar-refractivity contribution in [3.63, 3.8) is 0 Å². The molecule has 3 nitrogen and oxygen atoms in total. The Balaban J connectivity index is 2.52. The van der Waals surface area contributed by atoms with Crippen molar-refractivity contribution < 1.29 is 18.7 Å². The summed E-state index contributed by atoms with van der Waals surface area (Å²) in [6, 6.07) is 5.54. The fourth-order valence-electron chi connectivity index (χ4n) is 1.44. The van der Waals surface area contributed by atoms with Crippen molar-refractivity contribution >= 4 is 17.6 Å². The molecule has 0 atom stereocenters. The van der Waals surface area contributed by atoms with E-state index in [2.05, 4.69) is 4.98 Å². The number of nitrogens with zero attached hydrogens (tertiary/aromatic N) is 1. The molecule has 1 aromatic carbocycles. The molecule has 0 unspecified atom stereocenters. The van der Waals surface area contributed by atoms with Gasteiger partial charge in [-0.05, 0) is 24.3 Å². The molecule has 0 aliphatic carbocycles. The van der Waals surface area contributed by atoms with Crippen molar-refractivity contribution in [3.8, 4) is 11.3 Å². The van der Waals surface area contributed by atoms with Crippen LogP contribution in [0.15, 0.2) is 30.3 Å². The Morgan fingerprint density at radius 3 is 2.50 bits per heavy atom. The number of pyridine rings is 1. The van der Waals surface area contributed by atoms with Crippen LogP contribution < -0.4 is 0 Å². The van der Waals surface area contributed by atoms with Gasteiger partial charge in [-0.15, -0.1) is 0 Å². The van der Waals surface area contributed by atoms with Gasteiger partial charge in [0.2, 0.25) is 0 Å². The standard InChI is InChI=1S/C12H6ClF2NO2/c13-11-8(12(17)18)3-4-10(16-11)7-2-1-6(14)5-9(7)15/h1-5H,(H,17,18). The summed E-state index contributed by atoms with van der Waals surface area (Å²) in [5, 5.41) is 8.52. The Bertz CT molecular complexity index is 631. The maximum atomic E-state index is 13.5. The third-order valence-corrected chi connectivity index (χ3v) is 2.57. The number of hydrogen-bond acceptors (Lipinski definition) is 2. The summed E-state index contributed by atoms with van der Waals surface area (Å²) < 4.78 is 26.2. The molecule has 2 rings (SSSR count). The van der Waals surface area contributed by atoms with Crippen LogP contribution in [0.25, 0.3) is 11.3 Å². The molecule has 0 bridgehead atoms. The summed E-state index contributed by atoms with van der Waals surface area (Å²) in [7, 11) is 0. The molecule has 1 heterocycles. The highest BCUT2D eigenvalue weighted by atomic mass is 35.5. The van der Waals surface area contributed by atoms with Crippen LogP contribution in [-0.4, -0.2) is 16.1 Å². The molecule has 0 radical (unpaired) electrons. The number of hydrogen-bond donors (Lipinski definition) is 1. The highest BCUT2D eigenvalue weighted by molar-refractivity contribution is 6.32. The van der Waals surface area contributed by atoms with Gasteiger partial charge < -0.3 is 5.11 Å². The molecule has 0 aliphatic rings. The molecule has 1 N–H and O–H groups in total. The number of benzene rings is 1. The number of aromatic nitrogens is 1. The van der Waals surface area contributed by atoms with Gasteiger partial charge in [-0.2, -0.15) is 0 Å². The largest absolute Gasteiger partial charge is 0.478 e. The van der Waals surface area contributed by atoms with Gasteiger partial charge in [0.1, 0.15) is 16.8 Å². The Kier molecular flexibility index (Phi) is 3.25. The minimum atomic E-state index is -1.22. The number of carboxylic acid groups (broad SMARTS) is 1. The van der Waals surface area contributed by atoms with E-state index in [0.29, 0.717) is 0 Å². The van der Waals surface area contributed by atoms with E-state index < -0.39 is 17.6 Å². The smallest absolute Gasteiger partial charge is 0.338 e. The summed E-state index contributed by atoms with van der Waals surface area (Å²) in [5.41, 5.74) is 0.0145. The normalized spacial score (nSPS) is 10.4. The minimum absolute atomic E-state index is 0.0511. The molecule has 0 aliphatic heterocycles. The van der Waals surface area contributed by atoms with E-state index in [-0.39, 0.29) is 22.0 Å². The summed E-state index contributed by atoms with van der Waals surface area (Å²) in [4.78, 5) is 14.5. The maximum absolute atomic E-state index is 13.5. The number of halogens is 3. The van der Waals surface area contributed by atoms with Gasteiger partial charge in [0.25, 0.3) is 0 Å². The third kappa shape index (κ3) is 2.31. The zero-order valence-electron chi connectivity index (χ0n) is 8.82. The summed E-state index contributed by atoms with van der Waals surface area (Å²) in [5.74, 6) is -2.72. The first-order valence-electron chi connectivity index (χ1n) is 4.84. The number of carbonyl (C=O) groups is 1. The van der Waals surface area contributed by atoms with Crippen LogP contribution in [0.4, 0.5) is 8.78 Å². The third-order valence-electron chi connectivity index (χ3n) is 2.29. The van der Waals surface area contributed by atoms with Crippen LogP contribution in [0.1, 0.15) is 10.4 Å². The van der Waals surface area contributed by atoms with Gasteiger partial charge in [0.05, 0.1) is 11.3 Å². The Morgan fingerprint density at radius 1 is 1.22 bits per heavy atom. The van der Waals surface area contributed by atoms with E-state index in [9.17, 15) is 13.6 Å². The van der Waals surface area contributed by atoms with E-state index in [1.165, 1.54) is 18.2 Å². The van der Waals surface area contributed by atoms with Crippen LogP contribution in [0.5, 0.6) is 0 Å². The Labute approximate surface area is 106 Å². The summed E-state index contributed by atoms with van der Waals surface area (Å²) >= 11 is 5.67. The second-order valence-electron chi connectivity index (χ2n) is 3.46. The van der Waals surface area contributed by atoms with Crippen molar-refractivity contribution in [2.24, 2.45) is 0 Å². The molecule has 0 fully saturated rings. The van der Waals surface area contributed by atoms with Crippen molar-refractivity contribution in [1.29, 1.82) is 0 Å². The first-order chi connectivity index (χ1) is 8.49. The monoisotopic (exact) mass is 269 g/mol. The van der Waals surface area contributed by atoms with Crippen LogP contribution in [0.3, 0.4) is 0 Å². The molecule has 0 spiro atoms. The average Bonchev–Trinajstić information content (AvgIpc) is 2.28. The second-order valence-corrected chi connectivity index (χ2v) is 3.82. The first kappa shape index (κ1) is 12.4. The molecule has 1 aromatic heterocycles. The van der Waals surface area contributed by atoms with Crippen LogP contribution in [0, 0.1) is 11.6 Å². The Hall–Kier alpha value is -2.01. The number of aromatic carboxylic acids is 1. The van der Waals surface area contributed by atoms with Crippen LogP contribution in [-0.2, 0) is 0 Å². The lowest BCUT2D eigenvalue weighted by molar-refractivity contribution is 0.0696. The predicted molar refractivity (Wildman–Crippen MR) is 61.6 cm³/mol. The van der Waals surface area contributed by atoms with Gasteiger partial charge in [0, 0.05) is 11.6 Å². The van der Waals surface area contributed by atoms with Gasteiger partial charge in [-0.3, -0.25) is 0 Å². The zero-order valence-corrected chi connectivity index (χ0v) is 9.58. The average molecular weight is 270 g/mol. The molecular weight excluding hydrogens is 264 g/mol. The van der Waals surface area contributed by atoms with E-state index in [0.717, 1.165) is 12.1 Å². The van der Waals surface area contributed by atoms with Crippen molar-refractivity contribution in [2.75, 3.05) is 0 Å². The van der Waals surface area contributed by atoms with Gasteiger partial charge in [0.15, 0.2) is 0 Å². The van der Waals surface area contributed by atoms with E-state index in [1.807, 2.05) is 0 Å². The first-order valence-corrected chi connectivity index (χ1v) is 5.22. The second kappa shape index (κ2) is 4.70. The van der Waals surface area contributed by atoms with E-state index in [4.69, 9.17) is 16.7 Å². The lowest BCUT2D eigenvalue weighted by Gasteiger charge is -2.05. The van der Waals surface area contributed by atoms with Crippen LogP contribution in [0.2, 0.25) is 5.15 Å². The Morgan fingerprint density at radius 2 is 1.94 bits per heavy atom. The quantitative estimate of drug-likeness (QED) is 0.850. The lowest BCUT2D eigenvalue weighted by atomic mass is 10.1. The lowest BCUT2D eigenvalue weighted by Crippen LogP contribution is -2.00.